The predicted molar refractivity (Wildman–Crippen MR) is 65.2 cm³/mol. The number of hydrogen-bond donors (Lipinski definition) is 0. The highest BCUT2D eigenvalue weighted by atomic mass is 16.5. The molecule has 0 unspecified atom stereocenters. The van der Waals surface area contributed by atoms with Crippen LogP contribution >= 0.6 is 0 Å². The molecule has 6 heteroatoms. The summed E-state index contributed by atoms with van der Waals surface area (Å²) in [7, 11) is 1.32. The molecule has 0 bridgehead atoms. The molecule has 18 heavy (non-hydrogen) atoms. The number of rotatable bonds is 3. The molecule has 0 aliphatic rings. The van der Waals surface area contributed by atoms with Gasteiger partial charge in [0, 0.05) is 11.8 Å². The summed E-state index contributed by atoms with van der Waals surface area (Å²) in [5.74, 6) is -0.410. The van der Waals surface area contributed by atoms with Gasteiger partial charge < -0.3 is 4.74 Å². The number of carbonyl (C=O) groups excluding carboxylic acids is 1. The van der Waals surface area contributed by atoms with E-state index in [1.807, 2.05) is 6.07 Å². The van der Waals surface area contributed by atoms with Gasteiger partial charge in [0.15, 0.2) is 5.65 Å². The van der Waals surface area contributed by atoms with Crippen LogP contribution in [0.2, 0.25) is 0 Å². The maximum Gasteiger partial charge on any atom is 0.350 e. The van der Waals surface area contributed by atoms with Crippen molar-refractivity contribution in [2.45, 2.75) is 13.5 Å². The lowest BCUT2D eigenvalue weighted by Gasteiger charge is -1.98. The SMILES string of the molecule is COC(=O)C(C)=CCn1nc2ccccn2c1=O. The first-order valence-corrected chi connectivity index (χ1v) is 5.43. The standard InChI is InChI=1S/C12H13N3O3/c1-9(11(16)18-2)6-8-15-12(17)14-7-4-3-5-10(14)13-15/h3-7H,8H2,1-2H3. The summed E-state index contributed by atoms with van der Waals surface area (Å²) >= 11 is 0. The summed E-state index contributed by atoms with van der Waals surface area (Å²) in [6.45, 7) is 1.87. The monoisotopic (exact) mass is 247 g/mol. The third-order valence-electron chi connectivity index (χ3n) is 2.57. The van der Waals surface area contributed by atoms with Gasteiger partial charge in [-0.15, -0.1) is 5.10 Å². The maximum absolute atomic E-state index is 11.9. The van der Waals surface area contributed by atoms with Crippen LogP contribution in [0, 0.1) is 0 Å². The van der Waals surface area contributed by atoms with Crippen LogP contribution in [-0.2, 0) is 16.1 Å². The molecule has 0 saturated carbocycles. The Bertz CT molecular complexity index is 667. The molecule has 0 saturated heterocycles. The number of pyridine rings is 1. The number of aromatic nitrogens is 3. The van der Waals surface area contributed by atoms with Gasteiger partial charge in [0.05, 0.1) is 13.7 Å². The van der Waals surface area contributed by atoms with E-state index < -0.39 is 5.97 Å². The molecule has 0 fully saturated rings. The van der Waals surface area contributed by atoms with E-state index >= 15 is 0 Å². The number of allylic oxidation sites excluding steroid dienone is 1. The van der Waals surface area contributed by atoms with E-state index in [-0.39, 0.29) is 12.2 Å². The van der Waals surface area contributed by atoms with Crippen molar-refractivity contribution in [2.24, 2.45) is 0 Å². The van der Waals surface area contributed by atoms with Gasteiger partial charge in [0.2, 0.25) is 0 Å². The number of esters is 1. The third kappa shape index (κ3) is 2.17. The van der Waals surface area contributed by atoms with Crippen LogP contribution in [0.15, 0.2) is 40.8 Å². The van der Waals surface area contributed by atoms with Gasteiger partial charge in [-0.1, -0.05) is 12.1 Å². The van der Waals surface area contributed by atoms with Gasteiger partial charge in [-0.25, -0.2) is 14.3 Å². The van der Waals surface area contributed by atoms with Crippen LogP contribution < -0.4 is 5.69 Å². The fraction of sp³-hybridized carbons (Fsp3) is 0.250. The molecule has 2 aromatic heterocycles. The Morgan fingerprint density at radius 3 is 2.94 bits per heavy atom. The fourth-order valence-electron chi connectivity index (χ4n) is 1.55. The second-order valence-electron chi connectivity index (χ2n) is 3.77. The highest BCUT2D eigenvalue weighted by Crippen LogP contribution is 1.98. The van der Waals surface area contributed by atoms with E-state index in [0.717, 1.165) is 0 Å². The zero-order chi connectivity index (χ0) is 13.1. The van der Waals surface area contributed by atoms with Crippen molar-refractivity contribution in [1.29, 1.82) is 0 Å². The van der Waals surface area contributed by atoms with Gasteiger partial charge >= 0.3 is 11.7 Å². The lowest BCUT2D eigenvalue weighted by Crippen LogP contribution is -2.20. The third-order valence-corrected chi connectivity index (χ3v) is 2.57. The molecule has 0 atom stereocenters. The second-order valence-corrected chi connectivity index (χ2v) is 3.77. The van der Waals surface area contributed by atoms with Crippen LogP contribution in [0.4, 0.5) is 0 Å². The fourth-order valence-corrected chi connectivity index (χ4v) is 1.55. The Kier molecular flexibility index (Phi) is 3.27. The summed E-state index contributed by atoms with van der Waals surface area (Å²) in [5, 5.41) is 4.14. The molecule has 0 amide bonds. The van der Waals surface area contributed by atoms with E-state index in [0.29, 0.717) is 11.2 Å². The normalized spacial score (nSPS) is 11.8. The maximum atomic E-state index is 11.9. The summed E-state index contributed by atoms with van der Waals surface area (Å²) in [6.07, 6.45) is 3.26. The number of methoxy groups -OCH3 is 1. The van der Waals surface area contributed by atoms with Crippen molar-refractivity contribution in [3.05, 3.63) is 46.5 Å². The largest absolute Gasteiger partial charge is 0.466 e. The minimum atomic E-state index is -0.410. The number of ether oxygens (including phenoxy) is 1. The van der Waals surface area contributed by atoms with Crippen molar-refractivity contribution >= 4 is 11.6 Å². The molecule has 2 aromatic rings. The Morgan fingerprint density at radius 2 is 2.28 bits per heavy atom. The average Bonchev–Trinajstić information content (AvgIpc) is 2.72. The van der Waals surface area contributed by atoms with Gasteiger partial charge in [0.1, 0.15) is 0 Å². The van der Waals surface area contributed by atoms with Gasteiger partial charge in [-0.2, -0.15) is 0 Å². The molecule has 94 valence electrons. The topological polar surface area (TPSA) is 65.6 Å². The summed E-state index contributed by atoms with van der Waals surface area (Å²) in [5.41, 5.74) is 0.785. The molecule has 0 aliphatic carbocycles. The van der Waals surface area contributed by atoms with Crippen LogP contribution in [0.25, 0.3) is 5.65 Å². The molecule has 0 aromatic carbocycles. The first kappa shape index (κ1) is 12.1. The average molecular weight is 247 g/mol. The summed E-state index contributed by atoms with van der Waals surface area (Å²) in [6, 6.07) is 5.31. The highest BCUT2D eigenvalue weighted by Gasteiger charge is 2.06. The number of nitrogens with zero attached hydrogens (tertiary/aromatic N) is 3. The summed E-state index contributed by atoms with van der Waals surface area (Å²) in [4.78, 5) is 23.1. The second kappa shape index (κ2) is 4.87. The Balaban J connectivity index is 2.31. The van der Waals surface area contributed by atoms with Crippen molar-refractivity contribution in [3.8, 4) is 0 Å². The molecule has 2 rings (SSSR count). The molecule has 0 N–H and O–H groups in total. The molecule has 6 nitrogen and oxygen atoms in total. The van der Waals surface area contributed by atoms with E-state index in [4.69, 9.17) is 0 Å². The van der Waals surface area contributed by atoms with Crippen molar-refractivity contribution in [2.75, 3.05) is 7.11 Å². The molecule has 2 heterocycles. The summed E-state index contributed by atoms with van der Waals surface area (Å²) < 4.78 is 7.31. The first-order valence-electron chi connectivity index (χ1n) is 5.43. The highest BCUT2D eigenvalue weighted by molar-refractivity contribution is 5.87. The Hall–Kier alpha value is -2.37. The molecule has 0 aliphatic heterocycles. The Morgan fingerprint density at radius 1 is 1.50 bits per heavy atom. The number of hydrogen-bond acceptors (Lipinski definition) is 4. The molecular weight excluding hydrogens is 234 g/mol. The van der Waals surface area contributed by atoms with Crippen molar-refractivity contribution in [1.82, 2.24) is 14.2 Å². The minimum Gasteiger partial charge on any atom is -0.466 e. The van der Waals surface area contributed by atoms with Gasteiger partial charge in [0.25, 0.3) is 0 Å². The minimum absolute atomic E-state index is 0.237. The van der Waals surface area contributed by atoms with E-state index in [1.54, 1.807) is 31.3 Å². The number of carbonyl (C=O) groups is 1. The van der Waals surface area contributed by atoms with E-state index in [1.165, 1.54) is 16.2 Å². The van der Waals surface area contributed by atoms with Crippen LogP contribution in [-0.4, -0.2) is 27.3 Å². The molecule has 0 radical (unpaired) electrons. The zero-order valence-corrected chi connectivity index (χ0v) is 10.2. The number of fused-ring (bicyclic) bond motifs is 1. The van der Waals surface area contributed by atoms with Gasteiger partial charge in [-0.3, -0.25) is 4.40 Å². The lowest BCUT2D eigenvalue weighted by atomic mass is 10.3. The lowest BCUT2D eigenvalue weighted by molar-refractivity contribution is -0.136. The van der Waals surface area contributed by atoms with E-state index in [2.05, 4.69) is 9.84 Å². The van der Waals surface area contributed by atoms with Crippen LogP contribution in [0.3, 0.4) is 0 Å². The zero-order valence-electron chi connectivity index (χ0n) is 10.2. The van der Waals surface area contributed by atoms with Crippen LogP contribution in [0.1, 0.15) is 6.92 Å². The first-order chi connectivity index (χ1) is 8.63. The van der Waals surface area contributed by atoms with Crippen molar-refractivity contribution in [3.63, 3.8) is 0 Å². The van der Waals surface area contributed by atoms with Gasteiger partial charge in [-0.05, 0) is 19.1 Å². The quantitative estimate of drug-likeness (QED) is 0.589. The van der Waals surface area contributed by atoms with Crippen molar-refractivity contribution < 1.29 is 9.53 Å². The predicted octanol–water partition coefficient (Wildman–Crippen LogP) is 0.615. The molecule has 0 spiro atoms. The Labute approximate surface area is 103 Å². The molecular formula is C12H13N3O3. The van der Waals surface area contributed by atoms with Crippen LogP contribution in [0.5, 0.6) is 0 Å². The van der Waals surface area contributed by atoms with E-state index in [9.17, 15) is 9.59 Å². The smallest absolute Gasteiger partial charge is 0.350 e.